The average Bonchev–Trinajstić information content (AvgIpc) is 2.44. The van der Waals surface area contributed by atoms with E-state index in [1.807, 2.05) is 0 Å². The van der Waals surface area contributed by atoms with Crippen molar-refractivity contribution in [3.63, 3.8) is 0 Å². The van der Waals surface area contributed by atoms with Gasteiger partial charge >= 0.3 is 0 Å². The zero-order valence-electron chi connectivity index (χ0n) is 10.00. The lowest BCUT2D eigenvalue weighted by molar-refractivity contribution is 0.305. The Morgan fingerprint density at radius 2 is 1.79 bits per heavy atom. The van der Waals surface area contributed by atoms with Crippen LogP contribution in [-0.4, -0.2) is 30.6 Å². The van der Waals surface area contributed by atoms with Crippen molar-refractivity contribution >= 4 is 0 Å². The van der Waals surface area contributed by atoms with E-state index < -0.39 is 0 Å². The summed E-state index contributed by atoms with van der Waals surface area (Å²) in [6, 6.07) is 0.422. The molecule has 1 saturated heterocycles. The second kappa shape index (κ2) is 5.72. The largest absolute Gasteiger partial charge is 0.328 e. The fourth-order valence-corrected chi connectivity index (χ4v) is 2.30. The Balaban J connectivity index is 2.13. The molecule has 1 heterocycles. The molecule has 0 aromatic rings. The first-order valence-corrected chi connectivity index (χ1v) is 6.11. The second-order valence-corrected chi connectivity index (χ2v) is 5.05. The Kier molecular flexibility index (Phi) is 4.90. The monoisotopic (exact) mass is 198 g/mol. The Hall–Kier alpha value is -0.0800. The third kappa shape index (κ3) is 3.58. The van der Waals surface area contributed by atoms with Crippen LogP contribution in [0, 0.1) is 11.8 Å². The van der Waals surface area contributed by atoms with Crippen LogP contribution in [0.25, 0.3) is 0 Å². The third-order valence-electron chi connectivity index (χ3n) is 3.54. The summed E-state index contributed by atoms with van der Waals surface area (Å²) in [6.07, 6.45) is 3.57. The highest BCUT2D eigenvalue weighted by Crippen LogP contribution is 2.22. The zero-order chi connectivity index (χ0) is 10.6. The Labute approximate surface area is 88.8 Å². The normalized spacial score (nSPS) is 30.9. The molecule has 0 amide bonds. The van der Waals surface area contributed by atoms with Crippen LogP contribution >= 0.6 is 0 Å². The van der Waals surface area contributed by atoms with Crippen molar-refractivity contribution in [1.29, 1.82) is 0 Å². The summed E-state index contributed by atoms with van der Waals surface area (Å²) >= 11 is 0. The molecule has 1 fully saturated rings. The molecule has 2 N–H and O–H groups in total. The number of rotatable bonds is 5. The van der Waals surface area contributed by atoms with Crippen LogP contribution in [-0.2, 0) is 0 Å². The predicted molar refractivity (Wildman–Crippen MR) is 62.3 cm³/mol. The summed E-state index contributed by atoms with van der Waals surface area (Å²) in [6.45, 7) is 10.7. The molecule has 0 bridgehead atoms. The first kappa shape index (κ1) is 12.0. The molecule has 2 heteroatoms. The van der Waals surface area contributed by atoms with Gasteiger partial charge in [-0.15, -0.1) is 0 Å². The van der Waals surface area contributed by atoms with Gasteiger partial charge < -0.3 is 10.6 Å². The Morgan fingerprint density at radius 1 is 1.21 bits per heavy atom. The van der Waals surface area contributed by atoms with E-state index in [9.17, 15) is 0 Å². The molecule has 0 spiro atoms. The molecule has 3 unspecified atom stereocenters. The van der Waals surface area contributed by atoms with Crippen molar-refractivity contribution in [3.05, 3.63) is 0 Å². The summed E-state index contributed by atoms with van der Waals surface area (Å²) in [5.41, 5.74) is 6.00. The summed E-state index contributed by atoms with van der Waals surface area (Å²) in [5.74, 6) is 1.75. The minimum atomic E-state index is 0.422. The number of hydrogen-bond acceptors (Lipinski definition) is 2. The molecule has 0 radical (unpaired) electrons. The highest BCUT2D eigenvalue weighted by molar-refractivity contribution is 4.79. The molecule has 0 saturated carbocycles. The van der Waals surface area contributed by atoms with Crippen LogP contribution in [0.4, 0.5) is 0 Å². The zero-order valence-corrected chi connectivity index (χ0v) is 10.00. The highest BCUT2D eigenvalue weighted by atomic mass is 15.1. The molecule has 1 rings (SSSR count). The fourth-order valence-electron chi connectivity index (χ4n) is 2.30. The van der Waals surface area contributed by atoms with Gasteiger partial charge in [-0.2, -0.15) is 0 Å². The van der Waals surface area contributed by atoms with Crippen LogP contribution in [0.2, 0.25) is 0 Å². The topological polar surface area (TPSA) is 29.3 Å². The highest BCUT2D eigenvalue weighted by Gasteiger charge is 2.25. The van der Waals surface area contributed by atoms with E-state index in [1.165, 1.54) is 38.9 Å². The SMILES string of the molecule is CCCC(N)CCN1CC(C)C(C)C1. The maximum absolute atomic E-state index is 6.00. The van der Waals surface area contributed by atoms with Crippen molar-refractivity contribution in [2.45, 2.75) is 46.1 Å². The first-order valence-electron chi connectivity index (χ1n) is 6.11. The lowest BCUT2D eigenvalue weighted by Crippen LogP contribution is -2.29. The van der Waals surface area contributed by atoms with Crippen LogP contribution in [0.15, 0.2) is 0 Å². The molecule has 0 aromatic heterocycles. The maximum atomic E-state index is 6.00. The van der Waals surface area contributed by atoms with E-state index in [0.29, 0.717) is 6.04 Å². The molecule has 14 heavy (non-hydrogen) atoms. The van der Waals surface area contributed by atoms with E-state index in [-0.39, 0.29) is 0 Å². The van der Waals surface area contributed by atoms with Gasteiger partial charge in [0.2, 0.25) is 0 Å². The molecular weight excluding hydrogens is 172 g/mol. The van der Waals surface area contributed by atoms with Crippen molar-refractivity contribution < 1.29 is 0 Å². The number of nitrogens with zero attached hydrogens (tertiary/aromatic N) is 1. The van der Waals surface area contributed by atoms with E-state index in [2.05, 4.69) is 25.7 Å². The van der Waals surface area contributed by atoms with Crippen LogP contribution in [0.1, 0.15) is 40.0 Å². The van der Waals surface area contributed by atoms with Crippen molar-refractivity contribution in [1.82, 2.24) is 4.90 Å². The molecule has 1 aliphatic heterocycles. The van der Waals surface area contributed by atoms with Gasteiger partial charge in [-0.3, -0.25) is 0 Å². The Morgan fingerprint density at radius 3 is 2.29 bits per heavy atom. The minimum Gasteiger partial charge on any atom is -0.328 e. The predicted octanol–water partition coefficient (Wildman–Crippen LogP) is 2.09. The third-order valence-corrected chi connectivity index (χ3v) is 3.54. The van der Waals surface area contributed by atoms with Gasteiger partial charge in [0.15, 0.2) is 0 Å². The van der Waals surface area contributed by atoms with Crippen LogP contribution < -0.4 is 5.73 Å². The summed E-state index contributed by atoms with van der Waals surface area (Å²) in [5, 5.41) is 0. The number of hydrogen-bond donors (Lipinski definition) is 1. The van der Waals surface area contributed by atoms with E-state index in [4.69, 9.17) is 5.73 Å². The summed E-state index contributed by atoms with van der Waals surface area (Å²) < 4.78 is 0. The van der Waals surface area contributed by atoms with E-state index in [0.717, 1.165) is 11.8 Å². The average molecular weight is 198 g/mol. The number of nitrogens with two attached hydrogens (primary N) is 1. The lowest BCUT2D eigenvalue weighted by Gasteiger charge is -2.18. The smallest absolute Gasteiger partial charge is 0.00509 e. The van der Waals surface area contributed by atoms with Gasteiger partial charge in [0.1, 0.15) is 0 Å². The van der Waals surface area contributed by atoms with Gasteiger partial charge in [-0.25, -0.2) is 0 Å². The van der Waals surface area contributed by atoms with Crippen LogP contribution in [0.3, 0.4) is 0 Å². The molecular formula is C12H26N2. The molecule has 0 aromatic carbocycles. The Bertz CT molecular complexity index is 148. The fraction of sp³-hybridized carbons (Fsp3) is 1.00. The summed E-state index contributed by atoms with van der Waals surface area (Å²) in [7, 11) is 0. The van der Waals surface area contributed by atoms with E-state index >= 15 is 0 Å². The van der Waals surface area contributed by atoms with Gasteiger partial charge in [0, 0.05) is 19.1 Å². The summed E-state index contributed by atoms with van der Waals surface area (Å²) in [4.78, 5) is 2.57. The molecule has 84 valence electrons. The van der Waals surface area contributed by atoms with Gasteiger partial charge in [0.05, 0.1) is 0 Å². The van der Waals surface area contributed by atoms with Crippen molar-refractivity contribution in [3.8, 4) is 0 Å². The van der Waals surface area contributed by atoms with Gasteiger partial charge in [-0.05, 0) is 31.2 Å². The minimum absolute atomic E-state index is 0.422. The standard InChI is InChI=1S/C12H26N2/c1-4-5-12(13)6-7-14-8-10(2)11(3)9-14/h10-12H,4-9,13H2,1-3H3. The van der Waals surface area contributed by atoms with Crippen LogP contribution in [0.5, 0.6) is 0 Å². The van der Waals surface area contributed by atoms with Crippen molar-refractivity contribution in [2.24, 2.45) is 17.6 Å². The molecule has 1 aliphatic rings. The number of likely N-dealkylation sites (tertiary alicyclic amines) is 1. The first-order chi connectivity index (χ1) is 6.63. The van der Waals surface area contributed by atoms with Gasteiger partial charge in [-0.1, -0.05) is 27.2 Å². The molecule has 2 nitrogen and oxygen atoms in total. The second-order valence-electron chi connectivity index (χ2n) is 5.05. The maximum Gasteiger partial charge on any atom is 0.00509 e. The molecule has 0 aliphatic carbocycles. The van der Waals surface area contributed by atoms with Crippen molar-refractivity contribution in [2.75, 3.05) is 19.6 Å². The quantitative estimate of drug-likeness (QED) is 0.733. The van der Waals surface area contributed by atoms with Gasteiger partial charge in [0.25, 0.3) is 0 Å². The lowest BCUT2D eigenvalue weighted by atomic mass is 10.0. The molecule has 3 atom stereocenters. The van der Waals surface area contributed by atoms with E-state index in [1.54, 1.807) is 0 Å².